The van der Waals surface area contributed by atoms with Crippen LogP contribution in [0.3, 0.4) is 0 Å². The van der Waals surface area contributed by atoms with E-state index in [4.69, 9.17) is 11.6 Å². The van der Waals surface area contributed by atoms with Gasteiger partial charge in [0.1, 0.15) is 0 Å². The molecule has 0 radical (unpaired) electrons. The van der Waals surface area contributed by atoms with Gasteiger partial charge in [0.2, 0.25) is 0 Å². The number of benzene rings is 4. The van der Waals surface area contributed by atoms with E-state index < -0.39 is 0 Å². The summed E-state index contributed by atoms with van der Waals surface area (Å²) >= 11 is 6.09. The summed E-state index contributed by atoms with van der Waals surface area (Å²) in [7, 11) is 0. The molecule has 1 N–H and O–H groups in total. The van der Waals surface area contributed by atoms with Crippen molar-refractivity contribution in [3.05, 3.63) is 82.0 Å². The molecule has 0 unspecified atom stereocenters. The molecule has 0 fully saturated rings. The Bertz CT molecular complexity index is 1330. The number of pyridine rings is 1. The minimum atomic E-state index is 0.0159. The molecule has 0 bridgehead atoms. The maximum Gasteiger partial charge on any atom is 0.197 e. The third-order valence-electron chi connectivity index (χ3n) is 4.61. The van der Waals surface area contributed by atoms with E-state index in [1.54, 1.807) is 12.1 Å². The molecule has 0 atom stereocenters. The third kappa shape index (κ3) is 1.87. The average Bonchev–Trinajstić information content (AvgIpc) is 2.60. The summed E-state index contributed by atoms with van der Waals surface area (Å²) in [6.07, 6.45) is 0. The first-order valence-electron chi connectivity index (χ1n) is 7.77. The van der Waals surface area contributed by atoms with Gasteiger partial charge in [0.25, 0.3) is 0 Å². The molecule has 1 aromatic heterocycles. The maximum atomic E-state index is 13.1. The molecular formula is C21H12ClNO. The zero-order valence-corrected chi connectivity index (χ0v) is 13.4. The molecule has 0 aliphatic rings. The van der Waals surface area contributed by atoms with Gasteiger partial charge >= 0.3 is 0 Å². The van der Waals surface area contributed by atoms with Gasteiger partial charge in [-0.25, -0.2) is 0 Å². The highest BCUT2D eigenvalue weighted by atomic mass is 35.5. The average molecular weight is 330 g/mol. The van der Waals surface area contributed by atoms with Crippen LogP contribution >= 0.6 is 11.6 Å². The molecule has 3 heteroatoms. The van der Waals surface area contributed by atoms with Crippen molar-refractivity contribution in [3.8, 4) is 0 Å². The van der Waals surface area contributed by atoms with Crippen molar-refractivity contribution < 1.29 is 0 Å². The highest BCUT2D eigenvalue weighted by Crippen LogP contribution is 2.28. The van der Waals surface area contributed by atoms with E-state index in [1.165, 1.54) is 5.39 Å². The molecule has 0 amide bonds. The van der Waals surface area contributed by atoms with Crippen molar-refractivity contribution in [2.45, 2.75) is 0 Å². The highest BCUT2D eigenvalue weighted by molar-refractivity contribution is 6.31. The molecule has 0 aliphatic heterocycles. The lowest BCUT2D eigenvalue weighted by Gasteiger charge is -2.08. The van der Waals surface area contributed by atoms with Gasteiger partial charge < -0.3 is 4.98 Å². The number of fused-ring (bicyclic) bond motifs is 5. The number of rotatable bonds is 0. The number of hydrogen-bond acceptors (Lipinski definition) is 1. The highest BCUT2D eigenvalue weighted by Gasteiger charge is 2.10. The number of aromatic amines is 1. The van der Waals surface area contributed by atoms with Crippen molar-refractivity contribution >= 4 is 55.0 Å². The van der Waals surface area contributed by atoms with Crippen LogP contribution in [0.15, 0.2) is 71.5 Å². The van der Waals surface area contributed by atoms with Crippen LogP contribution in [0.25, 0.3) is 43.4 Å². The largest absolute Gasteiger partial charge is 0.354 e. The van der Waals surface area contributed by atoms with Crippen molar-refractivity contribution in [2.24, 2.45) is 0 Å². The second kappa shape index (κ2) is 4.83. The van der Waals surface area contributed by atoms with Gasteiger partial charge in [0.15, 0.2) is 5.43 Å². The Morgan fingerprint density at radius 2 is 1.46 bits per heavy atom. The molecule has 0 saturated heterocycles. The molecule has 0 aliphatic carbocycles. The molecule has 4 aromatic carbocycles. The van der Waals surface area contributed by atoms with E-state index in [9.17, 15) is 4.79 Å². The van der Waals surface area contributed by atoms with Gasteiger partial charge in [-0.3, -0.25) is 4.79 Å². The predicted molar refractivity (Wildman–Crippen MR) is 102 cm³/mol. The lowest BCUT2D eigenvalue weighted by Crippen LogP contribution is -2.04. The van der Waals surface area contributed by atoms with E-state index in [-0.39, 0.29) is 5.43 Å². The Balaban J connectivity index is 2.05. The van der Waals surface area contributed by atoms with E-state index in [2.05, 4.69) is 35.3 Å². The Hall–Kier alpha value is -2.84. The number of halogens is 1. The first-order chi connectivity index (χ1) is 11.7. The quantitative estimate of drug-likeness (QED) is 0.289. The van der Waals surface area contributed by atoms with Gasteiger partial charge in [-0.1, -0.05) is 41.9 Å². The molecule has 24 heavy (non-hydrogen) atoms. The van der Waals surface area contributed by atoms with Crippen LogP contribution in [0.5, 0.6) is 0 Å². The van der Waals surface area contributed by atoms with E-state index in [0.717, 1.165) is 27.2 Å². The van der Waals surface area contributed by atoms with Crippen LogP contribution in [-0.4, -0.2) is 4.98 Å². The first-order valence-corrected chi connectivity index (χ1v) is 8.15. The fraction of sp³-hybridized carbons (Fsp3) is 0. The SMILES string of the molecule is O=c1c2cc(Cl)ccc2[nH]c2ccc3cc4ccccc4cc3c12. The summed E-state index contributed by atoms with van der Waals surface area (Å²) in [5.74, 6) is 0. The Morgan fingerprint density at radius 3 is 2.29 bits per heavy atom. The van der Waals surface area contributed by atoms with Crippen molar-refractivity contribution in [2.75, 3.05) is 0 Å². The predicted octanol–water partition coefficient (Wildman–Crippen LogP) is 5.64. The van der Waals surface area contributed by atoms with E-state index in [1.807, 2.05) is 24.3 Å². The van der Waals surface area contributed by atoms with Crippen molar-refractivity contribution in [1.82, 2.24) is 4.98 Å². The number of H-pyrrole nitrogens is 1. The number of hydrogen-bond donors (Lipinski definition) is 1. The van der Waals surface area contributed by atoms with Gasteiger partial charge in [0, 0.05) is 15.9 Å². The fourth-order valence-corrected chi connectivity index (χ4v) is 3.63. The number of aromatic nitrogens is 1. The smallest absolute Gasteiger partial charge is 0.197 e. The third-order valence-corrected chi connectivity index (χ3v) is 4.84. The molecule has 0 saturated carbocycles. The summed E-state index contributed by atoms with van der Waals surface area (Å²) in [6, 6.07) is 21.8. The van der Waals surface area contributed by atoms with Gasteiger partial charge in [0.05, 0.1) is 10.9 Å². The first kappa shape index (κ1) is 13.6. The van der Waals surface area contributed by atoms with E-state index >= 15 is 0 Å². The van der Waals surface area contributed by atoms with Crippen LogP contribution in [-0.2, 0) is 0 Å². The van der Waals surface area contributed by atoms with Crippen LogP contribution < -0.4 is 5.43 Å². The summed E-state index contributed by atoms with van der Waals surface area (Å²) in [5.41, 5.74) is 1.66. The minimum Gasteiger partial charge on any atom is -0.354 e. The Morgan fingerprint density at radius 1 is 0.708 bits per heavy atom. The minimum absolute atomic E-state index is 0.0159. The van der Waals surface area contributed by atoms with Crippen LogP contribution in [0.1, 0.15) is 0 Å². The Kier molecular flexibility index (Phi) is 2.73. The molecule has 5 aromatic rings. The van der Waals surface area contributed by atoms with Crippen LogP contribution in [0.2, 0.25) is 5.02 Å². The van der Waals surface area contributed by atoms with Crippen LogP contribution in [0.4, 0.5) is 0 Å². The second-order valence-corrected chi connectivity index (χ2v) is 6.49. The zero-order chi connectivity index (χ0) is 16.3. The standard InChI is InChI=1S/C21H12ClNO/c22-15-6-8-18-17(11-15)21(24)20-16-10-13-4-2-1-3-12(13)9-14(16)5-7-19(20)23-18/h1-11H,(H,23,24). The molecule has 5 rings (SSSR count). The summed E-state index contributed by atoms with van der Waals surface area (Å²) in [5, 5.41) is 6.23. The van der Waals surface area contributed by atoms with Gasteiger partial charge in [-0.2, -0.15) is 0 Å². The molecule has 2 nitrogen and oxygen atoms in total. The molecular weight excluding hydrogens is 318 g/mol. The zero-order valence-electron chi connectivity index (χ0n) is 12.6. The summed E-state index contributed by atoms with van der Waals surface area (Å²) in [6.45, 7) is 0. The lowest BCUT2D eigenvalue weighted by atomic mass is 9.99. The molecule has 1 heterocycles. The monoisotopic (exact) mass is 329 g/mol. The van der Waals surface area contributed by atoms with Gasteiger partial charge in [-0.15, -0.1) is 0 Å². The second-order valence-electron chi connectivity index (χ2n) is 6.05. The van der Waals surface area contributed by atoms with Crippen molar-refractivity contribution in [1.29, 1.82) is 0 Å². The van der Waals surface area contributed by atoms with Gasteiger partial charge in [-0.05, 0) is 57.9 Å². The Labute approximate surface area is 142 Å². The van der Waals surface area contributed by atoms with E-state index in [0.29, 0.717) is 15.8 Å². The van der Waals surface area contributed by atoms with Crippen LogP contribution in [0, 0.1) is 0 Å². The lowest BCUT2D eigenvalue weighted by molar-refractivity contribution is 1.49. The number of nitrogens with one attached hydrogen (secondary N) is 1. The molecule has 0 spiro atoms. The summed E-state index contributed by atoms with van der Waals surface area (Å²) in [4.78, 5) is 16.5. The van der Waals surface area contributed by atoms with Crippen molar-refractivity contribution in [3.63, 3.8) is 0 Å². The molecule has 114 valence electrons. The summed E-state index contributed by atoms with van der Waals surface area (Å²) < 4.78 is 0. The topological polar surface area (TPSA) is 32.9 Å². The maximum absolute atomic E-state index is 13.1. The fourth-order valence-electron chi connectivity index (χ4n) is 3.46. The normalized spacial score (nSPS) is 11.7.